The van der Waals surface area contributed by atoms with Gasteiger partial charge >= 0.3 is 5.69 Å². The lowest BCUT2D eigenvalue weighted by atomic mass is 10.0. The Morgan fingerprint density at radius 1 is 1.16 bits per heavy atom. The third-order valence-electron chi connectivity index (χ3n) is 3.67. The maximum absolute atomic E-state index is 11.4. The van der Waals surface area contributed by atoms with Crippen molar-refractivity contribution in [3.63, 3.8) is 0 Å². The van der Waals surface area contributed by atoms with Crippen molar-refractivity contribution in [1.82, 2.24) is 9.97 Å². The summed E-state index contributed by atoms with van der Waals surface area (Å²) in [7, 11) is 0. The summed E-state index contributed by atoms with van der Waals surface area (Å²) in [6, 6.07) is 14.6. The molecule has 2 aromatic heterocycles. The van der Waals surface area contributed by atoms with E-state index in [1.54, 1.807) is 6.20 Å². The normalized spacial score (nSPS) is 11.8. The summed E-state index contributed by atoms with van der Waals surface area (Å²) in [5.74, 6) is 0.199. The number of aromatic nitrogens is 2. The van der Waals surface area contributed by atoms with Crippen LogP contribution in [-0.2, 0) is 0 Å². The molecule has 1 N–H and O–H groups in total. The van der Waals surface area contributed by atoms with E-state index in [4.69, 9.17) is 0 Å². The van der Waals surface area contributed by atoms with Crippen molar-refractivity contribution in [2.45, 2.75) is 13.0 Å². The first-order chi connectivity index (χ1) is 12.0. The van der Waals surface area contributed by atoms with E-state index in [0.717, 1.165) is 16.8 Å². The molecule has 3 rings (SSSR count). The van der Waals surface area contributed by atoms with Gasteiger partial charge in [-0.1, -0.05) is 35.9 Å². The lowest BCUT2D eigenvalue weighted by Gasteiger charge is -2.20. The summed E-state index contributed by atoms with van der Waals surface area (Å²) >= 11 is 3.22. The second kappa shape index (κ2) is 7.40. The SMILES string of the molecule is Cc1cccc(C(Nc2ncc(Br)cc2[N+](=O)[O-])c2ccccn2)c1. The standard InChI is InChI=1S/C18H15BrN4O2/c1-12-5-4-6-13(9-12)17(15-7-2-3-8-20-15)22-18-16(23(24)25)10-14(19)11-21-18/h2-11,17H,1H3,(H,21,22). The molecule has 2 heterocycles. The molecule has 0 radical (unpaired) electrons. The van der Waals surface area contributed by atoms with Crippen LogP contribution in [0.25, 0.3) is 0 Å². The first kappa shape index (κ1) is 17.0. The van der Waals surface area contributed by atoms with Gasteiger partial charge in [-0.15, -0.1) is 0 Å². The molecule has 0 aliphatic heterocycles. The number of pyridine rings is 2. The van der Waals surface area contributed by atoms with E-state index in [9.17, 15) is 10.1 Å². The van der Waals surface area contributed by atoms with Gasteiger partial charge in [0.15, 0.2) is 0 Å². The molecule has 0 fully saturated rings. The van der Waals surface area contributed by atoms with Crippen LogP contribution in [-0.4, -0.2) is 14.9 Å². The Hall–Kier alpha value is -2.80. The Kier molecular flexibility index (Phi) is 5.04. The van der Waals surface area contributed by atoms with Crippen molar-refractivity contribution in [3.05, 3.63) is 92.3 Å². The minimum atomic E-state index is -0.453. The topological polar surface area (TPSA) is 81.0 Å². The van der Waals surface area contributed by atoms with Gasteiger partial charge in [0.25, 0.3) is 0 Å². The van der Waals surface area contributed by atoms with Crippen LogP contribution >= 0.6 is 15.9 Å². The number of hydrogen-bond acceptors (Lipinski definition) is 5. The van der Waals surface area contributed by atoms with Crippen molar-refractivity contribution < 1.29 is 4.92 Å². The number of rotatable bonds is 5. The second-order valence-electron chi connectivity index (χ2n) is 5.52. The largest absolute Gasteiger partial charge is 0.352 e. The number of nitrogens with one attached hydrogen (secondary N) is 1. The summed E-state index contributed by atoms with van der Waals surface area (Å²) in [6.45, 7) is 2.00. The van der Waals surface area contributed by atoms with E-state index in [0.29, 0.717) is 4.47 Å². The maximum Gasteiger partial charge on any atom is 0.312 e. The van der Waals surface area contributed by atoms with Gasteiger partial charge in [0.2, 0.25) is 5.82 Å². The number of nitrogens with zero attached hydrogens (tertiary/aromatic N) is 3. The molecule has 6 nitrogen and oxygen atoms in total. The highest BCUT2D eigenvalue weighted by atomic mass is 79.9. The number of hydrogen-bond donors (Lipinski definition) is 1. The molecule has 1 unspecified atom stereocenters. The average molecular weight is 399 g/mol. The summed E-state index contributed by atoms with van der Waals surface area (Å²) in [5.41, 5.74) is 2.71. The van der Waals surface area contributed by atoms with E-state index in [2.05, 4.69) is 31.2 Å². The molecule has 0 spiro atoms. The molecule has 1 aromatic carbocycles. The third-order valence-corrected chi connectivity index (χ3v) is 4.10. The zero-order chi connectivity index (χ0) is 17.8. The quantitative estimate of drug-likeness (QED) is 0.499. The zero-order valence-corrected chi connectivity index (χ0v) is 15.0. The van der Waals surface area contributed by atoms with Crippen LogP contribution in [0.3, 0.4) is 0 Å². The second-order valence-corrected chi connectivity index (χ2v) is 6.44. The van der Waals surface area contributed by atoms with E-state index in [1.807, 2.05) is 49.4 Å². The minimum absolute atomic E-state index is 0.0945. The Morgan fingerprint density at radius 3 is 2.68 bits per heavy atom. The fraction of sp³-hybridized carbons (Fsp3) is 0.111. The Balaban J connectivity index is 2.06. The van der Waals surface area contributed by atoms with Crippen LogP contribution in [0.4, 0.5) is 11.5 Å². The average Bonchev–Trinajstić information content (AvgIpc) is 2.61. The fourth-order valence-corrected chi connectivity index (χ4v) is 2.86. The summed E-state index contributed by atoms with van der Waals surface area (Å²) in [4.78, 5) is 19.5. The van der Waals surface area contributed by atoms with Crippen molar-refractivity contribution in [3.8, 4) is 0 Å². The molecule has 0 bridgehead atoms. The van der Waals surface area contributed by atoms with Gasteiger partial charge < -0.3 is 5.32 Å². The molecular weight excluding hydrogens is 384 g/mol. The monoisotopic (exact) mass is 398 g/mol. The Bertz CT molecular complexity index is 903. The van der Waals surface area contributed by atoms with E-state index in [-0.39, 0.29) is 17.5 Å². The van der Waals surface area contributed by atoms with Crippen LogP contribution in [0.5, 0.6) is 0 Å². The van der Waals surface area contributed by atoms with Crippen LogP contribution in [0, 0.1) is 17.0 Å². The highest BCUT2D eigenvalue weighted by molar-refractivity contribution is 9.10. The summed E-state index contributed by atoms with van der Waals surface area (Å²) in [5, 5.41) is 14.6. The highest BCUT2D eigenvalue weighted by Crippen LogP contribution is 2.31. The Labute approximate surface area is 153 Å². The van der Waals surface area contributed by atoms with Crippen molar-refractivity contribution in [1.29, 1.82) is 0 Å². The maximum atomic E-state index is 11.4. The van der Waals surface area contributed by atoms with Crippen molar-refractivity contribution >= 4 is 27.4 Å². The van der Waals surface area contributed by atoms with Gasteiger partial charge in [-0.05, 0) is 40.5 Å². The molecule has 0 aliphatic rings. The van der Waals surface area contributed by atoms with Crippen molar-refractivity contribution in [2.75, 3.05) is 5.32 Å². The fourth-order valence-electron chi connectivity index (χ4n) is 2.54. The number of aryl methyl sites for hydroxylation is 1. The summed E-state index contributed by atoms with van der Waals surface area (Å²) < 4.78 is 0.551. The molecule has 0 aliphatic carbocycles. The molecule has 0 saturated carbocycles. The van der Waals surface area contributed by atoms with Gasteiger partial charge in [-0.3, -0.25) is 15.1 Å². The highest BCUT2D eigenvalue weighted by Gasteiger charge is 2.22. The Morgan fingerprint density at radius 2 is 2.00 bits per heavy atom. The molecule has 7 heteroatoms. The molecule has 1 atom stereocenters. The van der Waals surface area contributed by atoms with Crippen LogP contribution in [0.1, 0.15) is 22.9 Å². The predicted molar refractivity (Wildman–Crippen MR) is 99.5 cm³/mol. The van der Waals surface area contributed by atoms with Gasteiger partial charge in [0.1, 0.15) is 0 Å². The molecule has 25 heavy (non-hydrogen) atoms. The smallest absolute Gasteiger partial charge is 0.312 e. The third kappa shape index (κ3) is 4.00. The number of benzene rings is 1. The molecule has 126 valence electrons. The number of nitro groups is 1. The van der Waals surface area contributed by atoms with Crippen LogP contribution in [0.15, 0.2) is 65.4 Å². The first-order valence-electron chi connectivity index (χ1n) is 7.58. The van der Waals surface area contributed by atoms with E-state index < -0.39 is 4.92 Å². The number of halogens is 1. The summed E-state index contributed by atoms with van der Waals surface area (Å²) in [6.07, 6.45) is 3.23. The first-order valence-corrected chi connectivity index (χ1v) is 8.38. The lowest BCUT2D eigenvalue weighted by molar-refractivity contribution is -0.384. The van der Waals surface area contributed by atoms with Gasteiger partial charge in [0.05, 0.1) is 16.7 Å². The van der Waals surface area contributed by atoms with Gasteiger partial charge in [-0.2, -0.15) is 0 Å². The van der Waals surface area contributed by atoms with Crippen LogP contribution in [0.2, 0.25) is 0 Å². The van der Waals surface area contributed by atoms with E-state index >= 15 is 0 Å². The molecule has 0 saturated heterocycles. The van der Waals surface area contributed by atoms with Gasteiger partial charge in [-0.25, -0.2) is 4.98 Å². The van der Waals surface area contributed by atoms with E-state index in [1.165, 1.54) is 12.3 Å². The van der Waals surface area contributed by atoms with Crippen LogP contribution < -0.4 is 5.32 Å². The molecule has 3 aromatic rings. The van der Waals surface area contributed by atoms with Crippen molar-refractivity contribution in [2.24, 2.45) is 0 Å². The van der Waals surface area contributed by atoms with Gasteiger partial charge in [0, 0.05) is 22.9 Å². The zero-order valence-electron chi connectivity index (χ0n) is 13.4. The predicted octanol–water partition coefficient (Wildman–Crippen LogP) is 4.66. The molecule has 0 amide bonds. The number of anilines is 1. The minimum Gasteiger partial charge on any atom is -0.352 e. The lowest BCUT2D eigenvalue weighted by Crippen LogP contribution is -2.16. The molecular formula is C18H15BrN4O2.